The van der Waals surface area contributed by atoms with Crippen LogP contribution in [0.15, 0.2) is 24.3 Å². The summed E-state index contributed by atoms with van der Waals surface area (Å²) in [6, 6.07) is 4.77. The standard InChI is InChI=1S/C15H19F3N2O3/c1-2-22-9-11-7-19-8-13(11)20-14(21)10-3-5-12(6-4-10)23-15(16,17)18/h3-6,11,13,19H,2,7-9H2,1H3,(H,20,21)/t11-,13+/m1/s1. The van der Waals surface area contributed by atoms with Crippen LogP contribution in [0.5, 0.6) is 5.75 Å². The van der Waals surface area contributed by atoms with Crippen molar-refractivity contribution < 1.29 is 27.4 Å². The third-order valence-electron chi connectivity index (χ3n) is 3.54. The predicted molar refractivity (Wildman–Crippen MR) is 77.2 cm³/mol. The lowest BCUT2D eigenvalue weighted by molar-refractivity contribution is -0.274. The predicted octanol–water partition coefficient (Wildman–Crippen LogP) is 1.94. The Morgan fingerprint density at radius 1 is 1.30 bits per heavy atom. The molecule has 128 valence electrons. The Morgan fingerprint density at radius 2 is 2.00 bits per heavy atom. The van der Waals surface area contributed by atoms with Gasteiger partial charge in [0, 0.05) is 37.2 Å². The van der Waals surface area contributed by atoms with Gasteiger partial charge in [0.25, 0.3) is 5.91 Å². The Bertz CT molecular complexity index is 520. The zero-order chi connectivity index (χ0) is 16.9. The number of alkyl halides is 3. The molecule has 8 heteroatoms. The van der Waals surface area contributed by atoms with E-state index in [9.17, 15) is 18.0 Å². The van der Waals surface area contributed by atoms with Gasteiger partial charge in [-0.15, -0.1) is 13.2 Å². The molecule has 1 aromatic rings. The van der Waals surface area contributed by atoms with E-state index in [4.69, 9.17) is 4.74 Å². The molecule has 1 heterocycles. The van der Waals surface area contributed by atoms with Crippen molar-refractivity contribution in [2.45, 2.75) is 19.3 Å². The summed E-state index contributed by atoms with van der Waals surface area (Å²) in [6.07, 6.45) is -4.74. The molecular formula is C15H19F3N2O3. The number of ether oxygens (including phenoxy) is 2. The fraction of sp³-hybridized carbons (Fsp3) is 0.533. The lowest BCUT2D eigenvalue weighted by Gasteiger charge is -2.20. The first-order valence-electron chi connectivity index (χ1n) is 7.34. The van der Waals surface area contributed by atoms with Crippen LogP contribution in [0, 0.1) is 5.92 Å². The van der Waals surface area contributed by atoms with Gasteiger partial charge in [-0.25, -0.2) is 0 Å². The first-order chi connectivity index (χ1) is 10.9. The minimum Gasteiger partial charge on any atom is -0.406 e. The molecule has 0 spiro atoms. The first-order valence-corrected chi connectivity index (χ1v) is 7.34. The summed E-state index contributed by atoms with van der Waals surface area (Å²) in [6.45, 7) is 4.45. The summed E-state index contributed by atoms with van der Waals surface area (Å²) in [4.78, 5) is 12.2. The van der Waals surface area contributed by atoms with Gasteiger partial charge in [0.2, 0.25) is 0 Å². The van der Waals surface area contributed by atoms with Gasteiger partial charge in [0.15, 0.2) is 0 Å². The number of nitrogens with one attached hydrogen (secondary N) is 2. The molecule has 1 amide bonds. The van der Waals surface area contributed by atoms with Crippen LogP contribution in [-0.4, -0.2) is 44.6 Å². The fourth-order valence-corrected chi connectivity index (χ4v) is 2.41. The van der Waals surface area contributed by atoms with Crippen LogP contribution < -0.4 is 15.4 Å². The van der Waals surface area contributed by atoms with Crippen LogP contribution in [0.25, 0.3) is 0 Å². The fourth-order valence-electron chi connectivity index (χ4n) is 2.41. The minimum atomic E-state index is -4.74. The van der Waals surface area contributed by atoms with Gasteiger partial charge < -0.3 is 20.1 Å². The van der Waals surface area contributed by atoms with Gasteiger partial charge in [-0.2, -0.15) is 0 Å². The smallest absolute Gasteiger partial charge is 0.406 e. The van der Waals surface area contributed by atoms with Gasteiger partial charge in [0.05, 0.1) is 6.61 Å². The zero-order valence-corrected chi connectivity index (χ0v) is 12.7. The first kappa shape index (κ1) is 17.6. The van der Waals surface area contributed by atoms with Crippen molar-refractivity contribution in [3.8, 4) is 5.75 Å². The number of hydrogen-bond donors (Lipinski definition) is 2. The van der Waals surface area contributed by atoms with Gasteiger partial charge in [-0.1, -0.05) is 0 Å². The highest BCUT2D eigenvalue weighted by Crippen LogP contribution is 2.22. The molecule has 0 radical (unpaired) electrons. The molecule has 1 aliphatic heterocycles. The van der Waals surface area contributed by atoms with E-state index in [0.717, 1.165) is 18.7 Å². The molecule has 1 saturated heterocycles. The molecule has 0 unspecified atom stereocenters. The molecule has 23 heavy (non-hydrogen) atoms. The third-order valence-corrected chi connectivity index (χ3v) is 3.54. The Morgan fingerprint density at radius 3 is 2.61 bits per heavy atom. The number of amides is 1. The molecule has 2 N–H and O–H groups in total. The number of carbonyl (C=O) groups is 1. The van der Waals surface area contributed by atoms with Crippen LogP contribution in [-0.2, 0) is 4.74 Å². The van der Waals surface area contributed by atoms with E-state index in [0.29, 0.717) is 19.8 Å². The van der Waals surface area contributed by atoms with Crippen molar-refractivity contribution in [2.75, 3.05) is 26.3 Å². The van der Waals surface area contributed by atoms with E-state index in [1.54, 1.807) is 0 Å². The van der Waals surface area contributed by atoms with E-state index in [1.807, 2.05) is 6.92 Å². The Balaban J connectivity index is 1.92. The molecule has 5 nitrogen and oxygen atoms in total. The largest absolute Gasteiger partial charge is 0.573 e. The van der Waals surface area contributed by atoms with Crippen LogP contribution in [0.4, 0.5) is 13.2 Å². The van der Waals surface area contributed by atoms with Crippen molar-refractivity contribution in [1.29, 1.82) is 0 Å². The van der Waals surface area contributed by atoms with Gasteiger partial charge in [0.1, 0.15) is 5.75 Å². The molecular weight excluding hydrogens is 313 g/mol. The normalized spacial score (nSPS) is 21.2. The summed E-state index contributed by atoms with van der Waals surface area (Å²) in [7, 11) is 0. The number of halogens is 3. The zero-order valence-electron chi connectivity index (χ0n) is 12.7. The Hall–Kier alpha value is -1.80. The SMILES string of the molecule is CCOC[C@H]1CNC[C@@H]1NC(=O)c1ccc(OC(F)(F)F)cc1. The number of hydrogen-bond acceptors (Lipinski definition) is 4. The average Bonchev–Trinajstić information content (AvgIpc) is 2.91. The third kappa shape index (κ3) is 5.40. The monoisotopic (exact) mass is 332 g/mol. The summed E-state index contributed by atoms with van der Waals surface area (Å²) < 4.78 is 45.4. The number of rotatable bonds is 6. The molecule has 0 aliphatic carbocycles. The van der Waals surface area contributed by atoms with Crippen molar-refractivity contribution in [3.63, 3.8) is 0 Å². The summed E-state index contributed by atoms with van der Waals surface area (Å²) >= 11 is 0. The van der Waals surface area contributed by atoms with Crippen LogP contribution in [0.1, 0.15) is 17.3 Å². The van der Waals surface area contributed by atoms with Crippen molar-refractivity contribution in [2.24, 2.45) is 5.92 Å². The van der Waals surface area contributed by atoms with E-state index in [1.165, 1.54) is 12.1 Å². The molecule has 1 aliphatic rings. The maximum Gasteiger partial charge on any atom is 0.573 e. The number of carbonyl (C=O) groups excluding carboxylic acids is 1. The Labute approximate surface area is 132 Å². The second-order valence-corrected chi connectivity index (χ2v) is 5.23. The van der Waals surface area contributed by atoms with E-state index < -0.39 is 6.36 Å². The van der Waals surface area contributed by atoms with Crippen molar-refractivity contribution >= 4 is 5.91 Å². The van der Waals surface area contributed by atoms with Crippen LogP contribution in [0.2, 0.25) is 0 Å². The molecule has 1 aromatic carbocycles. The minimum absolute atomic E-state index is 0.0693. The van der Waals surface area contributed by atoms with Crippen molar-refractivity contribution in [1.82, 2.24) is 10.6 Å². The highest BCUT2D eigenvalue weighted by molar-refractivity contribution is 5.94. The van der Waals surface area contributed by atoms with Crippen LogP contribution in [0.3, 0.4) is 0 Å². The van der Waals surface area contributed by atoms with Gasteiger partial charge in [-0.05, 0) is 31.2 Å². The number of benzene rings is 1. The highest BCUT2D eigenvalue weighted by Gasteiger charge is 2.31. The molecule has 2 rings (SSSR count). The quantitative estimate of drug-likeness (QED) is 0.836. The average molecular weight is 332 g/mol. The van der Waals surface area contributed by atoms with E-state index >= 15 is 0 Å². The second-order valence-electron chi connectivity index (χ2n) is 5.23. The summed E-state index contributed by atoms with van der Waals surface area (Å²) in [5.41, 5.74) is 0.279. The van der Waals surface area contributed by atoms with Crippen molar-refractivity contribution in [3.05, 3.63) is 29.8 Å². The lowest BCUT2D eigenvalue weighted by Crippen LogP contribution is -2.41. The maximum absolute atomic E-state index is 12.2. The van der Waals surface area contributed by atoms with Gasteiger partial charge >= 0.3 is 6.36 Å². The maximum atomic E-state index is 12.2. The molecule has 1 fully saturated rings. The lowest BCUT2D eigenvalue weighted by atomic mass is 10.0. The summed E-state index contributed by atoms with van der Waals surface area (Å²) in [5.74, 6) is -0.517. The molecule has 0 saturated carbocycles. The van der Waals surface area contributed by atoms with E-state index in [-0.39, 0.29) is 29.2 Å². The topological polar surface area (TPSA) is 59.6 Å². The van der Waals surface area contributed by atoms with Gasteiger partial charge in [-0.3, -0.25) is 4.79 Å². The highest BCUT2D eigenvalue weighted by atomic mass is 19.4. The van der Waals surface area contributed by atoms with E-state index in [2.05, 4.69) is 15.4 Å². The summed E-state index contributed by atoms with van der Waals surface area (Å²) in [5, 5.41) is 6.06. The molecule has 2 atom stereocenters. The second kappa shape index (κ2) is 7.65. The molecule has 0 aromatic heterocycles. The molecule has 0 bridgehead atoms. The Kier molecular flexibility index (Phi) is 5.84. The van der Waals surface area contributed by atoms with Crippen LogP contribution >= 0.6 is 0 Å².